The van der Waals surface area contributed by atoms with Crippen molar-refractivity contribution in [1.82, 2.24) is 14.6 Å². The number of rotatable bonds is 3. The third-order valence-corrected chi connectivity index (χ3v) is 7.00. The first-order chi connectivity index (χ1) is 14.9. The van der Waals surface area contributed by atoms with Crippen LogP contribution >= 0.6 is 0 Å². The van der Waals surface area contributed by atoms with Crippen LogP contribution in [0.3, 0.4) is 0 Å². The van der Waals surface area contributed by atoms with Crippen molar-refractivity contribution in [3.63, 3.8) is 0 Å². The second-order valence-electron chi connectivity index (χ2n) is 8.96. The fourth-order valence-electron chi connectivity index (χ4n) is 5.16. The highest BCUT2D eigenvalue weighted by Gasteiger charge is 2.45. The molecule has 5 nitrogen and oxygen atoms in total. The van der Waals surface area contributed by atoms with Crippen LogP contribution in [0.2, 0.25) is 0 Å². The average molecular weight is 428 g/mol. The Morgan fingerprint density at radius 1 is 1.06 bits per heavy atom. The van der Waals surface area contributed by atoms with Gasteiger partial charge in [-0.05, 0) is 48.8 Å². The molecule has 1 aliphatic carbocycles. The van der Waals surface area contributed by atoms with Gasteiger partial charge >= 0.3 is 6.18 Å². The Hall–Kier alpha value is -2.61. The number of aromatic nitrogens is 3. The SMILES string of the molecule is FC(F)(F)c1c(N2CCC3(CC2)OCc2ccccc23)ccn2c(CC3CC3)nnc12. The molecule has 0 unspecified atom stereocenters. The Kier molecular flexibility index (Phi) is 4.12. The second kappa shape index (κ2) is 6.69. The van der Waals surface area contributed by atoms with Crippen molar-refractivity contribution >= 4 is 11.3 Å². The minimum absolute atomic E-state index is 0.0941. The molecule has 1 spiro atoms. The number of anilines is 1. The van der Waals surface area contributed by atoms with Gasteiger partial charge in [-0.25, -0.2) is 0 Å². The van der Waals surface area contributed by atoms with Crippen LogP contribution in [0.1, 0.15) is 48.2 Å². The van der Waals surface area contributed by atoms with E-state index in [9.17, 15) is 13.2 Å². The van der Waals surface area contributed by atoms with E-state index < -0.39 is 11.7 Å². The number of hydrogen-bond donors (Lipinski definition) is 0. The van der Waals surface area contributed by atoms with Crippen LogP contribution in [-0.4, -0.2) is 27.7 Å². The molecule has 0 radical (unpaired) electrons. The minimum Gasteiger partial charge on any atom is -0.371 e. The Morgan fingerprint density at radius 2 is 1.84 bits per heavy atom. The van der Waals surface area contributed by atoms with E-state index in [1.165, 1.54) is 15.5 Å². The lowest BCUT2D eigenvalue weighted by Gasteiger charge is -2.41. The van der Waals surface area contributed by atoms with Crippen LogP contribution in [0, 0.1) is 5.92 Å². The van der Waals surface area contributed by atoms with Crippen molar-refractivity contribution in [1.29, 1.82) is 0 Å². The number of hydrogen-bond acceptors (Lipinski definition) is 4. The van der Waals surface area contributed by atoms with Crippen molar-refractivity contribution in [2.45, 2.75) is 50.5 Å². The van der Waals surface area contributed by atoms with Gasteiger partial charge < -0.3 is 9.64 Å². The molecular formula is C23H23F3N4O. The molecule has 1 saturated heterocycles. The van der Waals surface area contributed by atoms with Gasteiger partial charge in [0.05, 0.1) is 17.9 Å². The molecule has 0 atom stereocenters. The quantitative estimate of drug-likeness (QED) is 0.605. The van der Waals surface area contributed by atoms with Gasteiger partial charge in [-0.2, -0.15) is 13.2 Å². The topological polar surface area (TPSA) is 42.7 Å². The van der Waals surface area contributed by atoms with Crippen LogP contribution in [0.25, 0.3) is 5.65 Å². The summed E-state index contributed by atoms with van der Waals surface area (Å²) >= 11 is 0. The molecule has 1 aromatic carbocycles. The van der Waals surface area contributed by atoms with E-state index in [0.29, 0.717) is 50.7 Å². The van der Waals surface area contributed by atoms with Crippen molar-refractivity contribution in [3.8, 4) is 0 Å². The third kappa shape index (κ3) is 3.11. The summed E-state index contributed by atoms with van der Waals surface area (Å²) in [4.78, 5) is 1.83. The number of nitrogens with zero attached hydrogens (tertiary/aromatic N) is 4. The smallest absolute Gasteiger partial charge is 0.371 e. The molecule has 31 heavy (non-hydrogen) atoms. The van der Waals surface area contributed by atoms with Crippen LogP contribution in [0.4, 0.5) is 18.9 Å². The monoisotopic (exact) mass is 428 g/mol. The van der Waals surface area contributed by atoms with Crippen molar-refractivity contribution in [3.05, 3.63) is 59.0 Å². The first-order valence-corrected chi connectivity index (χ1v) is 10.9. The van der Waals surface area contributed by atoms with Crippen molar-refractivity contribution in [2.75, 3.05) is 18.0 Å². The summed E-state index contributed by atoms with van der Waals surface area (Å²) in [5.41, 5.74) is 1.38. The van der Waals surface area contributed by atoms with Crippen LogP contribution in [-0.2, 0) is 29.5 Å². The summed E-state index contributed by atoms with van der Waals surface area (Å²) in [7, 11) is 0. The minimum atomic E-state index is -4.51. The standard InChI is InChI=1S/C23H23F3N4O/c24-23(25,26)20-18(7-10-30-19(13-15-5-6-15)27-28-21(20)30)29-11-8-22(9-12-29)17-4-2-1-3-16(17)14-31-22/h1-4,7,10,15H,5-6,8-9,11-14H2. The second-order valence-corrected chi connectivity index (χ2v) is 8.96. The van der Waals surface area contributed by atoms with Gasteiger partial charge in [0.2, 0.25) is 0 Å². The van der Waals surface area contributed by atoms with E-state index in [1.807, 2.05) is 17.0 Å². The predicted molar refractivity (Wildman–Crippen MR) is 109 cm³/mol. The highest BCUT2D eigenvalue weighted by atomic mass is 19.4. The Labute approximate surface area is 177 Å². The summed E-state index contributed by atoms with van der Waals surface area (Å²) < 4.78 is 50.2. The predicted octanol–water partition coefficient (Wildman–Crippen LogP) is 4.73. The summed E-state index contributed by atoms with van der Waals surface area (Å²) in [6, 6.07) is 9.73. The number of benzene rings is 1. The molecule has 3 aliphatic rings. The van der Waals surface area contributed by atoms with E-state index >= 15 is 0 Å². The number of ether oxygens (including phenoxy) is 1. The Balaban J connectivity index is 1.33. The molecule has 2 fully saturated rings. The van der Waals surface area contributed by atoms with Crippen molar-refractivity contribution < 1.29 is 17.9 Å². The molecule has 0 bridgehead atoms. The average Bonchev–Trinajstić information content (AvgIpc) is 3.39. The molecule has 2 aromatic heterocycles. The van der Waals surface area contributed by atoms with Gasteiger partial charge in [-0.15, -0.1) is 10.2 Å². The highest BCUT2D eigenvalue weighted by Crippen LogP contribution is 2.46. The summed E-state index contributed by atoms with van der Waals surface area (Å²) in [5, 5.41) is 8.06. The molecule has 0 amide bonds. The third-order valence-electron chi connectivity index (χ3n) is 7.00. The van der Waals surface area contributed by atoms with E-state index in [2.05, 4.69) is 22.3 Å². The van der Waals surface area contributed by atoms with E-state index in [0.717, 1.165) is 12.8 Å². The fourth-order valence-corrected chi connectivity index (χ4v) is 5.16. The zero-order chi connectivity index (χ0) is 21.2. The van der Waals surface area contributed by atoms with E-state index in [1.54, 1.807) is 12.3 Å². The lowest BCUT2D eigenvalue weighted by molar-refractivity contribution is -0.136. The summed E-state index contributed by atoms with van der Waals surface area (Å²) in [6.45, 7) is 1.56. The van der Waals surface area contributed by atoms with Crippen LogP contribution < -0.4 is 4.90 Å². The summed E-state index contributed by atoms with van der Waals surface area (Å²) in [5.74, 6) is 1.14. The molecule has 1 saturated carbocycles. The number of alkyl halides is 3. The largest absolute Gasteiger partial charge is 0.422 e. The van der Waals surface area contributed by atoms with Gasteiger partial charge in [0.1, 0.15) is 11.4 Å². The molecule has 6 rings (SSSR count). The molecule has 3 aromatic rings. The molecule has 0 N–H and O–H groups in total. The van der Waals surface area contributed by atoms with Gasteiger partial charge in [-0.1, -0.05) is 24.3 Å². The summed E-state index contributed by atoms with van der Waals surface area (Å²) in [6.07, 6.45) is 1.41. The molecule has 4 heterocycles. The van der Waals surface area contributed by atoms with Gasteiger partial charge in [-0.3, -0.25) is 4.40 Å². The lowest BCUT2D eigenvalue weighted by Crippen LogP contribution is -2.43. The highest BCUT2D eigenvalue weighted by molar-refractivity contribution is 5.67. The zero-order valence-corrected chi connectivity index (χ0v) is 17.0. The number of piperidine rings is 1. The fraction of sp³-hybridized carbons (Fsp3) is 0.478. The first-order valence-electron chi connectivity index (χ1n) is 10.9. The normalized spacial score (nSPS) is 20.5. The van der Waals surface area contributed by atoms with Crippen LogP contribution in [0.5, 0.6) is 0 Å². The maximum absolute atomic E-state index is 14.2. The Morgan fingerprint density at radius 3 is 2.58 bits per heavy atom. The maximum atomic E-state index is 14.2. The van der Waals surface area contributed by atoms with Gasteiger partial charge in [0, 0.05) is 25.7 Å². The molecule has 2 aliphatic heterocycles. The maximum Gasteiger partial charge on any atom is 0.422 e. The van der Waals surface area contributed by atoms with Gasteiger partial charge in [0.25, 0.3) is 0 Å². The zero-order valence-electron chi connectivity index (χ0n) is 17.0. The molecule has 8 heteroatoms. The van der Waals surface area contributed by atoms with Gasteiger partial charge in [0.15, 0.2) is 5.65 Å². The number of halogens is 3. The molecular weight excluding hydrogens is 405 g/mol. The lowest BCUT2D eigenvalue weighted by atomic mass is 9.83. The van der Waals surface area contributed by atoms with E-state index in [-0.39, 0.29) is 16.9 Å². The Bertz CT molecular complexity index is 1140. The van der Waals surface area contributed by atoms with Crippen LogP contribution in [0.15, 0.2) is 36.5 Å². The number of pyridine rings is 1. The number of fused-ring (bicyclic) bond motifs is 3. The molecule has 162 valence electrons. The van der Waals surface area contributed by atoms with Crippen molar-refractivity contribution in [2.24, 2.45) is 5.92 Å². The first kappa shape index (κ1) is 19.1. The van der Waals surface area contributed by atoms with E-state index in [4.69, 9.17) is 4.74 Å².